The molecule has 0 spiro atoms. The molecule has 11 nitrogen and oxygen atoms in total. The van der Waals surface area contributed by atoms with Gasteiger partial charge in [-0.3, -0.25) is 25.3 Å². The average Bonchev–Trinajstić information content (AvgIpc) is 2.99. The molecule has 0 aliphatic carbocycles. The summed E-state index contributed by atoms with van der Waals surface area (Å²) >= 11 is 0. The van der Waals surface area contributed by atoms with Crippen LogP contribution in [0, 0.1) is 24.7 Å². The Morgan fingerprint density at radius 1 is 0.909 bits per heavy atom. The molecular weight excluding hydrogens is 560 g/mol. The van der Waals surface area contributed by atoms with Crippen LogP contribution in [-0.4, -0.2) is 76.4 Å². The number of hydrogen-bond donors (Lipinski definition) is 6. The van der Waals surface area contributed by atoms with Gasteiger partial charge in [-0.1, -0.05) is 13.8 Å². The third-order valence-electron chi connectivity index (χ3n) is 7.80. The minimum atomic E-state index is -0.711. The van der Waals surface area contributed by atoms with Gasteiger partial charge in [-0.25, -0.2) is 0 Å². The summed E-state index contributed by atoms with van der Waals surface area (Å²) in [6.45, 7) is 11.7. The van der Waals surface area contributed by atoms with Gasteiger partial charge in [0.2, 0.25) is 0 Å². The summed E-state index contributed by atoms with van der Waals surface area (Å²) < 4.78 is 0. The number of carbonyl (C=O) groups excluding carboxylic acids is 2. The van der Waals surface area contributed by atoms with Gasteiger partial charge < -0.3 is 30.4 Å². The largest absolute Gasteiger partial charge is 0.508 e. The minimum Gasteiger partial charge on any atom is -0.508 e. The number of hydrogen-bond acceptors (Lipinski definition) is 8. The first-order valence-electron chi connectivity index (χ1n) is 14.6. The van der Waals surface area contributed by atoms with E-state index in [1.54, 1.807) is 36.1 Å². The van der Waals surface area contributed by atoms with E-state index in [-0.39, 0.29) is 47.0 Å². The average molecular weight is 601 g/mol. The molecule has 1 heterocycles. The fourth-order valence-electron chi connectivity index (χ4n) is 5.30. The molecule has 232 valence electrons. The second-order valence-electron chi connectivity index (χ2n) is 11.2. The predicted octanol–water partition coefficient (Wildman–Crippen LogP) is 4.45. The Morgan fingerprint density at radius 2 is 1.50 bits per heavy atom. The van der Waals surface area contributed by atoms with Gasteiger partial charge in [0.05, 0.1) is 5.56 Å². The number of amidine groups is 2. The Balaban J connectivity index is 1.56. The number of phenols is 3. The van der Waals surface area contributed by atoms with Crippen molar-refractivity contribution in [2.24, 2.45) is 0 Å². The van der Waals surface area contributed by atoms with E-state index in [2.05, 4.69) is 10.2 Å². The molecule has 0 unspecified atom stereocenters. The van der Waals surface area contributed by atoms with Gasteiger partial charge in [-0.15, -0.1) is 0 Å². The molecular formula is C33H40N6O5. The minimum absolute atomic E-state index is 0.0394. The second kappa shape index (κ2) is 13.1. The Bertz CT molecular complexity index is 1570. The maximum Gasteiger partial charge on any atom is 0.287 e. The smallest absolute Gasteiger partial charge is 0.287 e. The van der Waals surface area contributed by atoms with Crippen molar-refractivity contribution in [1.82, 2.24) is 10.2 Å². The fraction of sp³-hybridized carbons (Fsp3) is 0.333. The molecule has 3 aromatic carbocycles. The molecule has 1 fully saturated rings. The van der Waals surface area contributed by atoms with Crippen molar-refractivity contribution in [1.29, 1.82) is 10.8 Å². The van der Waals surface area contributed by atoms with E-state index < -0.39 is 11.7 Å². The van der Waals surface area contributed by atoms with Crippen LogP contribution in [0.15, 0.2) is 48.5 Å². The molecule has 11 heteroatoms. The summed E-state index contributed by atoms with van der Waals surface area (Å²) in [4.78, 5) is 31.2. The van der Waals surface area contributed by atoms with Crippen LogP contribution < -0.4 is 15.1 Å². The number of aromatic hydroxyl groups is 3. The van der Waals surface area contributed by atoms with Crippen molar-refractivity contribution in [2.75, 3.05) is 42.5 Å². The Hall–Kier alpha value is -5.06. The zero-order valence-electron chi connectivity index (χ0n) is 25.7. The summed E-state index contributed by atoms with van der Waals surface area (Å²) in [5.41, 5.74) is 3.87. The van der Waals surface area contributed by atoms with Gasteiger partial charge in [0.15, 0.2) is 5.84 Å². The lowest BCUT2D eigenvalue weighted by molar-refractivity contribution is -0.114. The molecule has 0 atom stereocenters. The number of carbonyl (C=O) groups is 2. The summed E-state index contributed by atoms with van der Waals surface area (Å²) in [5, 5.41) is 51.1. The number of amides is 2. The monoisotopic (exact) mass is 600 g/mol. The highest BCUT2D eigenvalue weighted by atomic mass is 16.3. The lowest BCUT2D eigenvalue weighted by Gasteiger charge is -2.36. The highest BCUT2D eigenvalue weighted by Gasteiger charge is 2.28. The van der Waals surface area contributed by atoms with Crippen LogP contribution in [0.1, 0.15) is 59.3 Å². The zero-order chi connectivity index (χ0) is 32.3. The van der Waals surface area contributed by atoms with Crippen molar-refractivity contribution in [3.63, 3.8) is 0 Å². The number of nitrogens with one attached hydrogen (secondary N) is 3. The van der Waals surface area contributed by atoms with Gasteiger partial charge in [-0.05, 0) is 85.8 Å². The van der Waals surface area contributed by atoms with Gasteiger partial charge in [0.1, 0.15) is 23.1 Å². The summed E-state index contributed by atoms with van der Waals surface area (Å²) in [5.74, 6) is -2.04. The lowest BCUT2D eigenvalue weighted by Crippen LogP contribution is -2.48. The zero-order valence-corrected chi connectivity index (χ0v) is 25.7. The molecule has 1 aliphatic heterocycles. The molecule has 0 bridgehead atoms. The fourth-order valence-corrected chi connectivity index (χ4v) is 5.30. The number of phenolic OH excluding ortho intramolecular Hbond substituents is 3. The van der Waals surface area contributed by atoms with E-state index in [0.29, 0.717) is 43.1 Å². The molecule has 1 aliphatic rings. The normalized spacial score (nSPS) is 13.1. The summed E-state index contributed by atoms with van der Waals surface area (Å²) in [7, 11) is 0. The Morgan fingerprint density at radius 3 is 2.05 bits per heavy atom. The van der Waals surface area contributed by atoms with Crippen molar-refractivity contribution < 1.29 is 24.9 Å². The van der Waals surface area contributed by atoms with E-state index >= 15 is 0 Å². The van der Waals surface area contributed by atoms with Crippen molar-refractivity contribution in [3.8, 4) is 17.2 Å². The van der Waals surface area contributed by atoms with E-state index in [9.17, 15) is 24.9 Å². The molecule has 44 heavy (non-hydrogen) atoms. The maximum absolute atomic E-state index is 13.4. The Labute approximate surface area is 257 Å². The van der Waals surface area contributed by atoms with Crippen LogP contribution in [0.2, 0.25) is 0 Å². The topological polar surface area (TPSA) is 164 Å². The summed E-state index contributed by atoms with van der Waals surface area (Å²) in [6.07, 6.45) is 0. The highest BCUT2D eigenvalue weighted by Crippen LogP contribution is 2.34. The Kier molecular flexibility index (Phi) is 9.46. The first-order valence-corrected chi connectivity index (χ1v) is 14.6. The highest BCUT2D eigenvalue weighted by molar-refractivity contribution is 6.48. The summed E-state index contributed by atoms with van der Waals surface area (Å²) in [6, 6.07) is 12.8. The number of likely N-dealkylation sites (N-methyl/N-ethyl adjacent to an activating group) is 1. The molecule has 0 aromatic heterocycles. The van der Waals surface area contributed by atoms with Crippen molar-refractivity contribution >= 4 is 34.9 Å². The van der Waals surface area contributed by atoms with E-state index in [0.717, 1.165) is 27.8 Å². The second-order valence-corrected chi connectivity index (χ2v) is 11.2. The number of aryl methyl sites for hydroxylation is 2. The predicted molar refractivity (Wildman–Crippen MR) is 172 cm³/mol. The third kappa shape index (κ3) is 6.46. The van der Waals surface area contributed by atoms with Crippen LogP contribution >= 0.6 is 0 Å². The van der Waals surface area contributed by atoms with Gasteiger partial charge >= 0.3 is 0 Å². The number of anilines is 2. The van der Waals surface area contributed by atoms with Crippen LogP contribution in [0.5, 0.6) is 17.2 Å². The van der Waals surface area contributed by atoms with Crippen LogP contribution in [0.25, 0.3) is 0 Å². The lowest BCUT2D eigenvalue weighted by atomic mass is 9.98. The van der Waals surface area contributed by atoms with Gasteiger partial charge in [-0.2, -0.15) is 0 Å². The molecule has 6 N–H and O–H groups in total. The van der Waals surface area contributed by atoms with Gasteiger partial charge in [0, 0.05) is 55.7 Å². The van der Waals surface area contributed by atoms with E-state index in [1.807, 2.05) is 39.8 Å². The van der Waals surface area contributed by atoms with E-state index in [4.69, 9.17) is 10.8 Å². The van der Waals surface area contributed by atoms with E-state index in [1.165, 1.54) is 6.07 Å². The first kappa shape index (κ1) is 31.9. The molecule has 0 saturated carbocycles. The van der Waals surface area contributed by atoms with Crippen LogP contribution in [-0.2, 0) is 4.79 Å². The quantitative estimate of drug-likeness (QED) is 0.180. The number of rotatable bonds is 6. The van der Waals surface area contributed by atoms with Crippen LogP contribution in [0.4, 0.5) is 11.4 Å². The molecule has 3 aromatic rings. The van der Waals surface area contributed by atoms with Crippen LogP contribution in [0.3, 0.4) is 0 Å². The first-order chi connectivity index (χ1) is 20.8. The number of benzene rings is 3. The molecule has 2 amide bonds. The standard InChI is InChI=1S/C33H40N6O5/c1-6-36-32(43)31(35)39(30(34)26-17-25(19(2)3)27(40)18-28(26)41)23-9-7-22(8-10-23)33(44)38-13-11-37(12-14-38)24-15-20(4)29(42)21(5)16-24/h7-10,15-19,34-35,40-42H,6,11-14H2,1-5H3,(H,36,43). The van der Waals surface area contributed by atoms with Crippen molar-refractivity contribution in [3.05, 3.63) is 76.3 Å². The third-order valence-corrected chi connectivity index (χ3v) is 7.80. The number of piperazine rings is 1. The van der Waals surface area contributed by atoms with Gasteiger partial charge in [0.25, 0.3) is 11.8 Å². The molecule has 0 radical (unpaired) electrons. The van der Waals surface area contributed by atoms with Crippen molar-refractivity contribution in [2.45, 2.75) is 40.5 Å². The maximum atomic E-state index is 13.4. The number of nitrogens with zero attached hydrogens (tertiary/aromatic N) is 3. The molecule has 1 saturated heterocycles. The molecule has 4 rings (SSSR count). The SMILES string of the molecule is CCNC(=O)C(=N)N(C(=N)c1cc(C(C)C)c(O)cc1O)c1ccc(C(=O)N2CCN(c3cc(C)c(O)c(C)c3)CC2)cc1.